The number of nitrogens with one attached hydrogen (secondary N) is 1. The summed E-state index contributed by atoms with van der Waals surface area (Å²) in [6, 6.07) is 12.7. The highest BCUT2D eigenvalue weighted by molar-refractivity contribution is 6.44. The number of benzene rings is 1. The average molecular weight is 308 g/mol. The molecule has 0 radical (unpaired) electrons. The first-order valence-corrected chi connectivity index (χ1v) is 7.33. The van der Waals surface area contributed by atoms with Crippen LogP contribution in [0, 0.1) is 6.92 Å². The van der Waals surface area contributed by atoms with E-state index in [4.69, 9.17) is 0 Å². The van der Waals surface area contributed by atoms with Gasteiger partial charge < -0.3 is 5.32 Å². The maximum absolute atomic E-state index is 12.3. The van der Waals surface area contributed by atoms with Crippen LogP contribution in [0.15, 0.2) is 53.8 Å². The topological polar surface area (TPSA) is 74.7 Å². The third kappa shape index (κ3) is 3.42. The van der Waals surface area contributed by atoms with Crippen LogP contribution in [-0.2, 0) is 9.59 Å². The Balaban J connectivity index is 1.80. The zero-order valence-electron chi connectivity index (χ0n) is 12.7. The highest BCUT2D eigenvalue weighted by atomic mass is 16.2. The van der Waals surface area contributed by atoms with Gasteiger partial charge in [-0.2, -0.15) is 5.10 Å². The molecule has 0 spiro atoms. The van der Waals surface area contributed by atoms with E-state index in [-0.39, 0.29) is 18.2 Å². The second-order valence-electron chi connectivity index (χ2n) is 5.26. The summed E-state index contributed by atoms with van der Waals surface area (Å²) in [7, 11) is 0. The van der Waals surface area contributed by atoms with Crippen LogP contribution in [0.1, 0.15) is 18.4 Å². The van der Waals surface area contributed by atoms with Gasteiger partial charge >= 0.3 is 0 Å². The lowest BCUT2D eigenvalue weighted by Gasteiger charge is -2.23. The predicted octanol–water partition coefficient (Wildman–Crippen LogP) is 2.51. The van der Waals surface area contributed by atoms with Crippen molar-refractivity contribution in [3.8, 4) is 0 Å². The summed E-state index contributed by atoms with van der Waals surface area (Å²) >= 11 is 0. The number of anilines is 2. The van der Waals surface area contributed by atoms with Crippen molar-refractivity contribution in [2.24, 2.45) is 5.10 Å². The Hall–Kier alpha value is -3.02. The van der Waals surface area contributed by atoms with E-state index in [1.54, 1.807) is 24.4 Å². The van der Waals surface area contributed by atoms with Gasteiger partial charge in [-0.25, -0.2) is 9.99 Å². The lowest BCUT2D eigenvalue weighted by molar-refractivity contribution is -0.118. The minimum absolute atomic E-state index is 0.124. The van der Waals surface area contributed by atoms with E-state index < -0.39 is 0 Å². The van der Waals surface area contributed by atoms with Crippen LogP contribution in [0.4, 0.5) is 11.5 Å². The Morgan fingerprint density at radius 2 is 1.91 bits per heavy atom. The summed E-state index contributed by atoms with van der Waals surface area (Å²) < 4.78 is 0. The number of para-hydroxylation sites is 1. The molecule has 3 rings (SSSR count). The zero-order chi connectivity index (χ0) is 16.2. The van der Waals surface area contributed by atoms with Crippen molar-refractivity contribution in [3.63, 3.8) is 0 Å². The van der Waals surface area contributed by atoms with Crippen molar-refractivity contribution in [1.82, 2.24) is 4.98 Å². The number of aryl methyl sites for hydroxylation is 1. The molecule has 1 aromatic heterocycles. The van der Waals surface area contributed by atoms with Crippen molar-refractivity contribution < 1.29 is 9.59 Å². The molecule has 6 nitrogen and oxygen atoms in total. The van der Waals surface area contributed by atoms with Crippen LogP contribution in [0.2, 0.25) is 0 Å². The van der Waals surface area contributed by atoms with Gasteiger partial charge in [-0.3, -0.25) is 9.59 Å². The molecule has 0 fully saturated rings. The van der Waals surface area contributed by atoms with Crippen molar-refractivity contribution in [2.45, 2.75) is 19.8 Å². The number of carbonyl (C=O) groups is 2. The van der Waals surface area contributed by atoms with Gasteiger partial charge in [0.05, 0.1) is 5.69 Å². The van der Waals surface area contributed by atoms with E-state index in [9.17, 15) is 9.59 Å². The Labute approximate surface area is 133 Å². The maximum atomic E-state index is 12.3. The van der Waals surface area contributed by atoms with Crippen molar-refractivity contribution >= 4 is 29.0 Å². The van der Waals surface area contributed by atoms with Gasteiger partial charge in [0, 0.05) is 19.0 Å². The van der Waals surface area contributed by atoms with Crippen LogP contribution >= 0.6 is 0 Å². The predicted molar refractivity (Wildman–Crippen MR) is 88.2 cm³/mol. The third-order valence-electron chi connectivity index (χ3n) is 3.45. The second kappa shape index (κ2) is 6.39. The number of rotatable bonds is 3. The Morgan fingerprint density at radius 3 is 2.61 bits per heavy atom. The highest BCUT2D eigenvalue weighted by Gasteiger charge is 2.25. The summed E-state index contributed by atoms with van der Waals surface area (Å²) in [6.07, 6.45) is 2.25. The molecule has 116 valence electrons. The van der Waals surface area contributed by atoms with Crippen LogP contribution in [0.25, 0.3) is 0 Å². The van der Waals surface area contributed by atoms with Gasteiger partial charge in [-0.05, 0) is 30.7 Å². The summed E-state index contributed by atoms with van der Waals surface area (Å²) in [6.45, 7) is 1.92. The highest BCUT2D eigenvalue weighted by Crippen LogP contribution is 2.20. The molecule has 2 aromatic rings. The average Bonchev–Trinajstić information content (AvgIpc) is 2.58. The normalized spacial score (nSPS) is 14.4. The molecular weight excluding hydrogens is 292 g/mol. The first-order chi connectivity index (χ1) is 11.1. The summed E-state index contributed by atoms with van der Waals surface area (Å²) in [5.41, 5.74) is 1.98. The quantitative estimate of drug-likeness (QED) is 0.946. The minimum Gasteiger partial charge on any atom is -0.305 e. The fourth-order valence-electron chi connectivity index (χ4n) is 2.22. The number of carbonyl (C=O) groups excluding carboxylic acids is 2. The van der Waals surface area contributed by atoms with E-state index in [0.717, 1.165) is 5.56 Å². The molecule has 0 atom stereocenters. The first-order valence-electron chi connectivity index (χ1n) is 7.33. The van der Waals surface area contributed by atoms with E-state index >= 15 is 0 Å². The van der Waals surface area contributed by atoms with E-state index in [1.165, 1.54) is 5.01 Å². The molecule has 0 saturated carbocycles. The molecule has 1 N–H and O–H groups in total. The van der Waals surface area contributed by atoms with Crippen LogP contribution in [0.3, 0.4) is 0 Å². The van der Waals surface area contributed by atoms with E-state index in [0.29, 0.717) is 23.6 Å². The van der Waals surface area contributed by atoms with E-state index in [1.807, 2.05) is 31.2 Å². The van der Waals surface area contributed by atoms with Crippen molar-refractivity contribution in [3.05, 3.63) is 54.2 Å². The van der Waals surface area contributed by atoms with Gasteiger partial charge in [0.15, 0.2) is 0 Å². The Kier molecular flexibility index (Phi) is 4.14. The number of amides is 2. The van der Waals surface area contributed by atoms with Crippen molar-refractivity contribution in [2.75, 3.05) is 10.3 Å². The molecule has 1 aliphatic heterocycles. The third-order valence-corrected chi connectivity index (χ3v) is 3.45. The zero-order valence-corrected chi connectivity index (χ0v) is 12.7. The maximum Gasteiger partial charge on any atom is 0.273 e. The summed E-state index contributed by atoms with van der Waals surface area (Å²) in [5, 5.41) is 8.19. The van der Waals surface area contributed by atoms with Gasteiger partial charge in [0.2, 0.25) is 5.91 Å². The number of nitrogens with zero attached hydrogens (tertiary/aromatic N) is 3. The first kappa shape index (κ1) is 14.9. The summed E-state index contributed by atoms with van der Waals surface area (Å²) in [4.78, 5) is 28.5. The second-order valence-corrected chi connectivity index (χ2v) is 5.26. The van der Waals surface area contributed by atoms with Crippen LogP contribution < -0.4 is 10.3 Å². The SMILES string of the molecule is Cc1ccc(NC(=O)C2=NN(c3ccccc3)C(=O)CC2)nc1. The minimum atomic E-state index is -0.338. The monoisotopic (exact) mass is 308 g/mol. The molecule has 1 aromatic carbocycles. The standard InChI is InChI=1S/C17H16N4O2/c1-12-7-9-15(18-11-12)19-17(23)14-8-10-16(22)21(20-14)13-5-3-2-4-6-13/h2-7,9,11H,8,10H2,1H3,(H,18,19,23). The van der Waals surface area contributed by atoms with Gasteiger partial charge in [0.25, 0.3) is 5.91 Å². The smallest absolute Gasteiger partial charge is 0.273 e. The van der Waals surface area contributed by atoms with Gasteiger partial charge in [-0.1, -0.05) is 24.3 Å². The molecule has 0 bridgehead atoms. The number of pyridine rings is 1. The molecule has 0 aliphatic carbocycles. The van der Waals surface area contributed by atoms with Gasteiger partial charge in [-0.15, -0.1) is 0 Å². The molecule has 6 heteroatoms. The molecule has 1 aliphatic rings. The largest absolute Gasteiger partial charge is 0.305 e. The molecule has 2 heterocycles. The van der Waals surface area contributed by atoms with Crippen LogP contribution in [-0.4, -0.2) is 22.5 Å². The lowest BCUT2D eigenvalue weighted by atomic mass is 10.1. The van der Waals surface area contributed by atoms with Crippen LogP contribution in [0.5, 0.6) is 0 Å². The van der Waals surface area contributed by atoms with E-state index in [2.05, 4.69) is 15.4 Å². The number of hydrogen-bond acceptors (Lipinski definition) is 4. The molecular formula is C17H16N4O2. The molecule has 0 saturated heterocycles. The Bertz CT molecular complexity index is 754. The molecule has 0 unspecified atom stereocenters. The molecule has 2 amide bonds. The number of hydrogen-bond donors (Lipinski definition) is 1. The number of hydrazone groups is 1. The number of aromatic nitrogens is 1. The lowest BCUT2D eigenvalue weighted by Crippen LogP contribution is -2.36. The van der Waals surface area contributed by atoms with Gasteiger partial charge in [0.1, 0.15) is 11.5 Å². The fraction of sp³-hybridized carbons (Fsp3) is 0.176. The fourth-order valence-corrected chi connectivity index (χ4v) is 2.22. The summed E-state index contributed by atoms with van der Waals surface area (Å²) in [5.74, 6) is 0.00227. The Morgan fingerprint density at radius 1 is 1.13 bits per heavy atom. The van der Waals surface area contributed by atoms with Crippen molar-refractivity contribution in [1.29, 1.82) is 0 Å². The molecule has 23 heavy (non-hydrogen) atoms.